The topological polar surface area (TPSA) is 104 Å². The standard InChI is InChI=1S/C19H26N2O5S/c1-13-5-8-16(27(25,26)21-9-3-2-4-10-21)12-17(13)18(22)20-15-7-6-14(11-15)19(23)24/h5,8,12,14-15H,2-4,6-7,9-11H2,1H3,(H,20,22)(H,23,24)/t14-,15+/m0/s1. The molecule has 0 unspecified atom stereocenters. The Bertz CT molecular complexity index is 831. The molecule has 0 aromatic heterocycles. The van der Waals surface area contributed by atoms with Gasteiger partial charge in [0.15, 0.2) is 0 Å². The van der Waals surface area contributed by atoms with Gasteiger partial charge in [0.2, 0.25) is 10.0 Å². The number of amides is 1. The van der Waals surface area contributed by atoms with Crippen LogP contribution in [-0.4, -0.2) is 48.8 Å². The van der Waals surface area contributed by atoms with E-state index in [0.29, 0.717) is 43.5 Å². The maximum absolute atomic E-state index is 12.9. The Balaban J connectivity index is 1.77. The summed E-state index contributed by atoms with van der Waals surface area (Å²) in [5.41, 5.74) is 1.02. The summed E-state index contributed by atoms with van der Waals surface area (Å²) in [6.45, 7) is 2.79. The fourth-order valence-electron chi connectivity index (χ4n) is 3.86. The van der Waals surface area contributed by atoms with E-state index >= 15 is 0 Å². The van der Waals surface area contributed by atoms with E-state index in [2.05, 4.69) is 5.32 Å². The van der Waals surface area contributed by atoms with Crippen molar-refractivity contribution in [1.82, 2.24) is 9.62 Å². The number of hydrogen-bond donors (Lipinski definition) is 2. The number of sulfonamides is 1. The molecule has 0 bridgehead atoms. The Morgan fingerprint density at radius 2 is 1.85 bits per heavy atom. The minimum absolute atomic E-state index is 0.134. The highest BCUT2D eigenvalue weighted by Crippen LogP contribution is 2.27. The van der Waals surface area contributed by atoms with Crippen molar-refractivity contribution >= 4 is 21.9 Å². The number of carbonyl (C=O) groups is 2. The molecule has 1 aromatic carbocycles. The minimum Gasteiger partial charge on any atom is -0.481 e. The quantitative estimate of drug-likeness (QED) is 0.796. The predicted molar refractivity (Wildman–Crippen MR) is 100 cm³/mol. The number of nitrogens with one attached hydrogen (secondary N) is 1. The maximum atomic E-state index is 12.9. The van der Waals surface area contributed by atoms with Gasteiger partial charge in [0.25, 0.3) is 5.91 Å². The van der Waals surface area contributed by atoms with Crippen LogP contribution in [0.15, 0.2) is 23.1 Å². The lowest BCUT2D eigenvalue weighted by atomic mass is 10.1. The van der Waals surface area contributed by atoms with Crippen molar-refractivity contribution < 1.29 is 23.1 Å². The van der Waals surface area contributed by atoms with E-state index in [0.717, 1.165) is 19.3 Å². The molecule has 7 nitrogen and oxygen atoms in total. The van der Waals surface area contributed by atoms with E-state index < -0.39 is 21.9 Å². The summed E-state index contributed by atoms with van der Waals surface area (Å²) < 4.78 is 27.2. The Hall–Kier alpha value is -1.93. The molecule has 1 amide bonds. The highest BCUT2D eigenvalue weighted by atomic mass is 32.2. The zero-order chi connectivity index (χ0) is 19.6. The van der Waals surface area contributed by atoms with Crippen molar-refractivity contribution in [3.63, 3.8) is 0 Å². The van der Waals surface area contributed by atoms with Crippen LogP contribution in [0.25, 0.3) is 0 Å². The number of carboxylic acid groups (broad SMARTS) is 1. The molecule has 1 aliphatic heterocycles. The lowest BCUT2D eigenvalue weighted by Gasteiger charge is -2.26. The number of piperidine rings is 1. The first-order chi connectivity index (χ1) is 12.8. The summed E-state index contributed by atoms with van der Waals surface area (Å²) in [6, 6.07) is 4.45. The second kappa shape index (κ2) is 7.98. The van der Waals surface area contributed by atoms with Gasteiger partial charge in [-0.1, -0.05) is 12.5 Å². The third kappa shape index (κ3) is 4.32. The number of rotatable bonds is 5. The molecule has 1 saturated carbocycles. The third-order valence-electron chi connectivity index (χ3n) is 5.52. The van der Waals surface area contributed by atoms with E-state index in [1.807, 2.05) is 0 Å². The summed E-state index contributed by atoms with van der Waals surface area (Å²) in [6.07, 6.45) is 4.31. The number of aryl methyl sites for hydroxylation is 1. The summed E-state index contributed by atoms with van der Waals surface area (Å²) in [5.74, 6) is -1.61. The van der Waals surface area contributed by atoms with Gasteiger partial charge in [0.05, 0.1) is 10.8 Å². The van der Waals surface area contributed by atoms with Gasteiger partial charge >= 0.3 is 5.97 Å². The van der Waals surface area contributed by atoms with E-state index in [4.69, 9.17) is 5.11 Å². The van der Waals surface area contributed by atoms with Gasteiger partial charge in [-0.15, -0.1) is 0 Å². The molecule has 148 valence electrons. The van der Waals surface area contributed by atoms with E-state index in [1.54, 1.807) is 19.1 Å². The number of aliphatic carboxylic acids is 1. The van der Waals surface area contributed by atoms with Gasteiger partial charge in [-0.3, -0.25) is 9.59 Å². The molecule has 27 heavy (non-hydrogen) atoms. The smallest absolute Gasteiger partial charge is 0.306 e. The van der Waals surface area contributed by atoms with Crippen molar-refractivity contribution in [3.8, 4) is 0 Å². The molecular weight excluding hydrogens is 368 g/mol. The maximum Gasteiger partial charge on any atom is 0.306 e. The van der Waals surface area contributed by atoms with Crippen LogP contribution in [0.5, 0.6) is 0 Å². The van der Waals surface area contributed by atoms with Crippen LogP contribution in [0, 0.1) is 12.8 Å². The van der Waals surface area contributed by atoms with Gasteiger partial charge in [0.1, 0.15) is 0 Å². The van der Waals surface area contributed by atoms with Crippen molar-refractivity contribution in [2.75, 3.05) is 13.1 Å². The average Bonchev–Trinajstić information content (AvgIpc) is 3.11. The van der Waals surface area contributed by atoms with Crippen molar-refractivity contribution in [3.05, 3.63) is 29.3 Å². The number of carbonyl (C=O) groups excluding carboxylic acids is 1. The molecule has 3 rings (SSSR count). The monoisotopic (exact) mass is 394 g/mol. The van der Waals surface area contributed by atoms with Crippen LogP contribution in [0.4, 0.5) is 0 Å². The molecule has 8 heteroatoms. The predicted octanol–water partition coefficient (Wildman–Crippen LogP) is 2.15. The second-order valence-corrected chi connectivity index (χ2v) is 9.40. The van der Waals surface area contributed by atoms with Gasteiger partial charge < -0.3 is 10.4 Å². The molecule has 2 N–H and O–H groups in total. The third-order valence-corrected chi connectivity index (χ3v) is 7.42. The number of benzene rings is 1. The summed E-state index contributed by atoms with van der Waals surface area (Å²) in [7, 11) is -3.61. The largest absolute Gasteiger partial charge is 0.481 e. The molecule has 0 spiro atoms. The zero-order valence-electron chi connectivity index (χ0n) is 15.5. The molecule has 1 aromatic rings. The van der Waals surface area contributed by atoms with Crippen LogP contribution < -0.4 is 5.32 Å². The van der Waals surface area contributed by atoms with Crippen LogP contribution in [0.2, 0.25) is 0 Å². The summed E-state index contributed by atoms with van der Waals surface area (Å²) in [5, 5.41) is 12.0. The van der Waals surface area contributed by atoms with Crippen molar-refractivity contribution in [1.29, 1.82) is 0 Å². The fraction of sp³-hybridized carbons (Fsp3) is 0.579. The molecule has 1 saturated heterocycles. The Morgan fingerprint density at radius 3 is 2.48 bits per heavy atom. The second-order valence-electron chi connectivity index (χ2n) is 7.46. The normalized spacial score (nSPS) is 23.9. The van der Waals surface area contributed by atoms with Crippen molar-refractivity contribution in [2.24, 2.45) is 5.92 Å². The molecule has 2 aliphatic rings. The van der Waals surface area contributed by atoms with Crippen LogP contribution >= 0.6 is 0 Å². The van der Waals surface area contributed by atoms with E-state index in [-0.39, 0.29) is 16.8 Å². The highest BCUT2D eigenvalue weighted by molar-refractivity contribution is 7.89. The fourth-order valence-corrected chi connectivity index (χ4v) is 5.40. The summed E-state index contributed by atoms with van der Waals surface area (Å²) in [4.78, 5) is 23.9. The minimum atomic E-state index is -3.61. The highest BCUT2D eigenvalue weighted by Gasteiger charge is 2.31. The lowest BCUT2D eigenvalue weighted by molar-refractivity contribution is -0.141. The molecule has 1 heterocycles. The first kappa shape index (κ1) is 19.8. The average molecular weight is 394 g/mol. The molecule has 1 aliphatic carbocycles. The number of hydrogen-bond acceptors (Lipinski definition) is 4. The van der Waals surface area contributed by atoms with Gasteiger partial charge in [0, 0.05) is 24.7 Å². The molecular formula is C19H26N2O5S. The first-order valence-corrected chi connectivity index (χ1v) is 10.9. The van der Waals surface area contributed by atoms with E-state index in [1.165, 1.54) is 10.4 Å². The molecule has 2 atom stereocenters. The van der Waals surface area contributed by atoms with E-state index in [9.17, 15) is 18.0 Å². The van der Waals surface area contributed by atoms with Crippen molar-refractivity contribution in [2.45, 2.75) is 56.4 Å². The van der Waals surface area contributed by atoms with Crippen LogP contribution in [0.3, 0.4) is 0 Å². The Morgan fingerprint density at radius 1 is 1.15 bits per heavy atom. The van der Waals surface area contributed by atoms with Gasteiger partial charge in [-0.05, 0) is 56.7 Å². The summed E-state index contributed by atoms with van der Waals surface area (Å²) >= 11 is 0. The Kier molecular flexibility index (Phi) is 5.86. The van der Waals surface area contributed by atoms with Crippen LogP contribution in [-0.2, 0) is 14.8 Å². The van der Waals surface area contributed by atoms with Gasteiger partial charge in [-0.2, -0.15) is 4.31 Å². The van der Waals surface area contributed by atoms with Gasteiger partial charge in [-0.25, -0.2) is 8.42 Å². The van der Waals surface area contributed by atoms with Crippen LogP contribution in [0.1, 0.15) is 54.4 Å². The number of carboxylic acids is 1. The Labute approximate surface area is 159 Å². The number of nitrogens with zero attached hydrogens (tertiary/aromatic N) is 1. The molecule has 2 fully saturated rings. The SMILES string of the molecule is Cc1ccc(S(=O)(=O)N2CCCCC2)cc1C(=O)N[C@@H]1CC[C@H](C(=O)O)C1. The first-order valence-electron chi connectivity index (χ1n) is 9.43. The zero-order valence-corrected chi connectivity index (χ0v) is 16.3. The lowest BCUT2D eigenvalue weighted by Crippen LogP contribution is -2.36. The molecule has 0 radical (unpaired) electrons.